The number of ether oxygens (including phenoxy) is 2. The number of carbonyl (C=O) groups excluding carboxylic acids is 2. The summed E-state index contributed by atoms with van der Waals surface area (Å²) in [4.78, 5) is 27.4. The fourth-order valence-corrected chi connectivity index (χ4v) is 2.76. The molecule has 0 bridgehead atoms. The molecule has 6 nitrogen and oxygen atoms in total. The van der Waals surface area contributed by atoms with Crippen LogP contribution in [0.4, 0.5) is 0 Å². The molecule has 0 amide bonds. The second-order valence-corrected chi connectivity index (χ2v) is 6.16. The molecule has 2 aromatic rings. The molecule has 0 radical (unpaired) electrons. The highest BCUT2D eigenvalue weighted by Crippen LogP contribution is 2.19. The number of carbonyl (C=O) groups is 2. The first-order valence-electron chi connectivity index (χ1n) is 7.57. The van der Waals surface area contributed by atoms with Crippen LogP contribution in [0.25, 0.3) is 11.0 Å². The van der Waals surface area contributed by atoms with Crippen LogP contribution in [0.3, 0.4) is 0 Å². The summed E-state index contributed by atoms with van der Waals surface area (Å²) in [6.45, 7) is 5.33. The molecule has 0 N–H and O–H groups in total. The second kappa shape index (κ2) is 12.0. The van der Waals surface area contributed by atoms with E-state index < -0.39 is 0 Å². The maximum atomic E-state index is 11.2. The van der Waals surface area contributed by atoms with Gasteiger partial charge in [0, 0.05) is 30.0 Å². The number of halogens is 2. The molecule has 0 aliphatic carbocycles. The highest BCUT2D eigenvalue weighted by atomic mass is 35.5. The van der Waals surface area contributed by atoms with Crippen LogP contribution in [0.1, 0.15) is 24.4 Å². The summed E-state index contributed by atoms with van der Waals surface area (Å²) in [5, 5.41) is 0. The average Bonchev–Trinajstić information content (AvgIpc) is 3.16. The molecule has 0 aliphatic heterocycles. The van der Waals surface area contributed by atoms with Crippen molar-refractivity contribution in [3.8, 4) is 0 Å². The minimum Gasteiger partial charge on any atom is -0.463 e. The lowest BCUT2D eigenvalue weighted by Crippen LogP contribution is -1.98. The van der Waals surface area contributed by atoms with E-state index in [9.17, 15) is 9.59 Å². The Labute approximate surface area is 160 Å². The van der Waals surface area contributed by atoms with Gasteiger partial charge in [-0.1, -0.05) is 11.3 Å². The average molecular weight is 407 g/mol. The van der Waals surface area contributed by atoms with Gasteiger partial charge in [-0.3, -0.25) is 9.20 Å². The van der Waals surface area contributed by atoms with Crippen LogP contribution in [-0.4, -0.2) is 46.1 Å². The molecular formula is C16H20Cl2N2O4S. The summed E-state index contributed by atoms with van der Waals surface area (Å²) in [5.74, 6) is -0.392. The van der Waals surface area contributed by atoms with Crippen molar-refractivity contribution in [2.75, 3.05) is 25.0 Å². The Hall–Kier alpha value is -1.41. The molecule has 2 aromatic heterocycles. The van der Waals surface area contributed by atoms with Gasteiger partial charge in [-0.25, -0.2) is 9.78 Å². The van der Waals surface area contributed by atoms with E-state index in [0.717, 1.165) is 15.5 Å². The van der Waals surface area contributed by atoms with Gasteiger partial charge in [0.05, 0.1) is 30.7 Å². The van der Waals surface area contributed by atoms with Gasteiger partial charge in [-0.15, -0.1) is 23.2 Å². The molecular weight excluding hydrogens is 387 g/mol. The van der Waals surface area contributed by atoms with Crippen LogP contribution < -0.4 is 0 Å². The molecule has 0 aliphatic rings. The van der Waals surface area contributed by atoms with Crippen molar-refractivity contribution >= 4 is 57.3 Å². The predicted molar refractivity (Wildman–Crippen MR) is 101 cm³/mol. The normalized spacial score (nSPS) is 10.7. The van der Waals surface area contributed by atoms with Crippen molar-refractivity contribution in [3.05, 3.63) is 29.0 Å². The zero-order valence-electron chi connectivity index (χ0n) is 14.0. The Bertz CT molecular complexity index is 675. The Morgan fingerprint density at radius 3 is 2.48 bits per heavy atom. The number of nitrogens with zero attached hydrogens (tertiary/aromatic N) is 2. The zero-order valence-corrected chi connectivity index (χ0v) is 16.4. The summed E-state index contributed by atoms with van der Waals surface area (Å²) in [7, 11) is 0. The van der Waals surface area contributed by atoms with Crippen molar-refractivity contribution in [2.24, 2.45) is 0 Å². The van der Waals surface area contributed by atoms with Crippen molar-refractivity contribution in [2.45, 2.75) is 20.5 Å². The quantitative estimate of drug-likeness (QED) is 0.380. The lowest BCUT2D eigenvalue weighted by Gasteiger charge is -1.94. The van der Waals surface area contributed by atoms with Crippen molar-refractivity contribution in [3.63, 3.8) is 0 Å². The van der Waals surface area contributed by atoms with E-state index in [1.807, 2.05) is 23.7 Å². The summed E-state index contributed by atoms with van der Waals surface area (Å²) in [5.41, 5.74) is 0.911. The van der Waals surface area contributed by atoms with Crippen LogP contribution in [0, 0.1) is 0 Å². The first-order chi connectivity index (χ1) is 12.0. The minimum atomic E-state index is -0.328. The van der Waals surface area contributed by atoms with Gasteiger partial charge in [0.25, 0.3) is 0 Å². The molecule has 0 saturated heterocycles. The molecule has 0 atom stereocenters. The number of hydrogen-bond acceptors (Lipinski definition) is 6. The molecule has 2 rings (SSSR count). The van der Waals surface area contributed by atoms with E-state index in [0.29, 0.717) is 19.8 Å². The zero-order chi connectivity index (χ0) is 18.7. The molecule has 0 aromatic carbocycles. The molecule has 9 heteroatoms. The third-order valence-electron chi connectivity index (χ3n) is 2.65. The first kappa shape index (κ1) is 21.6. The van der Waals surface area contributed by atoms with Crippen LogP contribution in [0.15, 0.2) is 18.5 Å². The lowest BCUT2D eigenvalue weighted by atomic mass is 10.4. The van der Waals surface area contributed by atoms with Gasteiger partial charge in [0.15, 0.2) is 10.7 Å². The van der Waals surface area contributed by atoms with Gasteiger partial charge in [-0.05, 0) is 19.9 Å². The number of hydrogen-bond donors (Lipinski definition) is 0. The Morgan fingerprint density at radius 2 is 1.96 bits per heavy atom. The summed E-state index contributed by atoms with van der Waals surface area (Å²) in [6.07, 6.45) is 7.02. The number of fused-ring (bicyclic) bond motifs is 1. The van der Waals surface area contributed by atoms with Crippen LogP contribution in [-0.2, 0) is 25.7 Å². The largest absolute Gasteiger partial charge is 0.463 e. The standard InChI is InChI=1S/C13H16N2O3S.C3H4Cl2O/c1-3-17-9-10-7-15-8-11(19-13(15)14-10)5-6-12(16)18-4-2;4-1-3(6)2-5/h5-8H,3-4,9H2,1-2H3;1-2H2/b6-5+;. The number of aromatic nitrogens is 2. The van der Waals surface area contributed by atoms with Gasteiger partial charge in [0.1, 0.15) is 0 Å². The first-order valence-corrected chi connectivity index (χ1v) is 9.46. The Balaban J connectivity index is 0.000000450. The molecule has 2 heterocycles. The van der Waals surface area contributed by atoms with Gasteiger partial charge >= 0.3 is 5.97 Å². The summed E-state index contributed by atoms with van der Waals surface area (Å²) >= 11 is 11.5. The summed E-state index contributed by atoms with van der Waals surface area (Å²) in [6, 6.07) is 0. The smallest absolute Gasteiger partial charge is 0.330 e. The number of Topliss-reactive ketones (excluding diaryl/α,β-unsaturated/α-hetero) is 1. The predicted octanol–water partition coefficient (Wildman–Crippen LogP) is 3.54. The van der Waals surface area contributed by atoms with Crippen LogP contribution in [0.2, 0.25) is 0 Å². The van der Waals surface area contributed by atoms with Gasteiger partial charge < -0.3 is 9.47 Å². The number of ketones is 1. The van der Waals surface area contributed by atoms with Crippen molar-refractivity contribution < 1.29 is 19.1 Å². The number of rotatable bonds is 8. The molecule has 0 saturated carbocycles. The number of imidazole rings is 1. The number of esters is 1. The van der Waals surface area contributed by atoms with E-state index in [1.165, 1.54) is 17.4 Å². The Morgan fingerprint density at radius 1 is 1.24 bits per heavy atom. The molecule has 0 unspecified atom stereocenters. The fourth-order valence-electron chi connectivity index (χ4n) is 1.59. The van der Waals surface area contributed by atoms with Gasteiger partial charge in [0.2, 0.25) is 0 Å². The number of thiazole rings is 1. The van der Waals surface area contributed by atoms with Crippen molar-refractivity contribution in [1.29, 1.82) is 0 Å². The van der Waals surface area contributed by atoms with E-state index in [2.05, 4.69) is 4.98 Å². The van der Waals surface area contributed by atoms with Crippen molar-refractivity contribution in [1.82, 2.24) is 9.38 Å². The third kappa shape index (κ3) is 8.00. The van der Waals surface area contributed by atoms with E-state index in [-0.39, 0.29) is 23.5 Å². The SMILES string of the molecule is CCOCc1cn2cc(/C=C/C(=O)OCC)sc2n1.O=C(CCl)CCl. The third-order valence-corrected chi connectivity index (χ3v) is 4.20. The molecule has 25 heavy (non-hydrogen) atoms. The second-order valence-electron chi connectivity index (χ2n) is 4.58. The monoisotopic (exact) mass is 406 g/mol. The lowest BCUT2D eigenvalue weighted by molar-refractivity contribution is -0.137. The highest BCUT2D eigenvalue weighted by Gasteiger charge is 2.05. The maximum Gasteiger partial charge on any atom is 0.330 e. The van der Waals surface area contributed by atoms with E-state index in [4.69, 9.17) is 32.7 Å². The number of alkyl halides is 2. The Kier molecular flexibility index (Phi) is 10.4. The van der Waals surface area contributed by atoms with Crippen LogP contribution in [0.5, 0.6) is 0 Å². The van der Waals surface area contributed by atoms with E-state index >= 15 is 0 Å². The molecule has 138 valence electrons. The maximum absolute atomic E-state index is 11.2. The fraction of sp³-hybridized carbons (Fsp3) is 0.438. The van der Waals surface area contributed by atoms with Gasteiger partial charge in [-0.2, -0.15) is 0 Å². The minimum absolute atomic E-state index is 0.0312. The topological polar surface area (TPSA) is 69.9 Å². The molecule has 0 fully saturated rings. The molecule has 0 spiro atoms. The summed E-state index contributed by atoms with van der Waals surface area (Å²) < 4.78 is 12.1. The van der Waals surface area contributed by atoms with Crippen LogP contribution >= 0.6 is 34.5 Å². The van der Waals surface area contributed by atoms with E-state index in [1.54, 1.807) is 13.0 Å². The highest BCUT2D eigenvalue weighted by molar-refractivity contribution is 7.17.